The van der Waals surface area contributed by atoms with Crippen LogP contribution in [-0.2, 0) is 4.79 Å². The molecule has 1 aromatic rings. The number of ether oxygens (including phenoxy) is 1. The van der Waals surface area contributed by atoms with Crippen LogP contribution in [0.25, 0.3) is 6.08 Å². The van der Waals surface area contributed by atoms with Crippen molar-refractivity contribution in [1.29, 1.82) is 0 Å². The predicted octanol–water partition coefficient (Wildman–Crippen LogP) is -2.83. The summed E-state index contributed by atoms with van der Waals surface area (Å²) in [5, 5.41) is 19.4. The number of aromatic hydroxyl groups is 1. The summed E-state index contributed by atoms with van der Waals surface area (Å²) >= 11 is 0. The second-order valence-electron chi connectivity index (χ2n) is 2.58. The smallest absolute Gasteiger partial charge is 0.545 e. The van der Waals surface area contributed by atoms with Gasteiger partial charge < -0.3 is 19.7 Å². The van der Waals surface area contributed by atoms with E-state index in [0.717, 1.165) is 6.08 Å². The van der Waals surface area contributed by atoms with Gasteiger partial charge in [-0.05, 0) is 23.8 Å². The maximum Gasteiger partial charge on any atom is 1.00 e. The Hall–Kier alpha value is -0.970. The molecule has 0 amide bonds. The van der Waals surface area contributed by atoms with Gasteiger partial charge in [-0.3, -0.25) is 0 Å². The molecule has 1 aromatic carbocycles. The Labute approximate surface area is 109 Å². The molecule has 0 heterocycles. The number of carboxylic acids is 1. The van der Waals surface area contributed by atoms with Gasteiger partial charge in [0.25, 0.3) is 0 Å². The third-order valence-electron chi connectivity index (χ3n) is 1.62. The van der Waals surface area contributed by atoms with E-state index in [4.69, 9.17) is 4.74 Å². The van der Waals surface area contributed by atoms with E-state index in [1.807, 2.05) is 0 Å². The van der Waals surface area contributed by atoms with Crippen molar-refractivity contribution in [3.63, 3.8) is 0 Å². The molecule has 0 fully saturated rings. The van der Waals surface area contributed by atoms with E-state index in [9.17, 15) is 15.0 Å². The minimum absolute atomic E-state index is 0. The molecule has 15 heavy (non-hydrogen) atoms. The topological polar surface area (TPSA) is 69.6 Å². The van der Waals surface area contributed by atoms with E-state index in [1.54, 1.807) is 6.07 Å². The zero-order valence-corrected chi connectivity index (χ0v) is 10.6. The maximum atomic E-state index is 10.1. The number of hydrogen-bond acceptors (Lipinski definition) is 4. The molecule has 1 rings (SSSR count). The fourth-order valence-electron chi connectivity index (χ4n) is 0.962. The predicted molar refractivity (Wildman–Crippen MR) is 48.7 cm³/mol. The second-order valence-corrected chi connectivity index (χ2v) is 2.58. The standard InChI is InChI=1S/C10H10O4.Na/c1-14-9-6-7(2-4-8(9)11)3-5-10(12)13;/h2-6,11H,1H3,(H,12,13);/q;+1/p-1. The first-order chi connectivity index (χ1) is 6.63. The van der Waals surface area contributed by atoms with E-state index < -0.39 is 5.97 Å². The summed E-state index contributed by atoms with van der Waals surface area (Å²) in [6.07, 6.45) is 2.27. The normalized spacial score (nSPS) is 9.67. The van der Waals surface area contributed by atoms with Crippen LogP contribution in [0.15, 0.2) is 24.3 Å². The summed E-state index contributed by atoms with van der Waals surface area (Å²) in [7, 11) is 1.42. The summed E-state index contributed by atoms with van der Waals surface area (Å²) in [5.74, 6) is -0.958. The van der Waals surface area contributed by atoms with Crippen molar-refractivity contribution in [2.24, 2.45) is 0 Å². The van der Waals surface area contributed by atoms with Crippen molar-refractivity contribution in [3.05, 3.63) is 29.8 Å². The minimum atomic E-state index is -1.27. The van der Waals surface area contributed by atoms with Crippen LogP contribution in [-0.4, -0.2) is 18.2 Å². The van der Waals surface area contributed by atoms with E-state index in [0.29, 0.717) is 11.3 Å². The molecule has 0 spiro atoms. The first kappa shape index (κ1) is 14.0. The van der Waals surface area contributed by atoms with E-state index in [1.165, 1.54) is 25.3 Å². The van der Waals surface area contributed by atoms with Crippen molar-refractivity contribution in [2.45, 2.75) is 0 Å². The van der Waals surface area contributed by atoms with Gasteiger partial charge in [0.15, 0.2) is 11.5 Å². The van der Waals surface area contributed by atoms with Crippen LogP contribution < -0.4 is 39.4 Å². The molecule has 0 saturated heterocycles. The Morgan fingerprint density at radius 2 is 2.20 bits per heavy atom. The number of phenolic OH excluding ortho intramolecular Hbond substituents is 1. The summed E-state index contributed by atoms with van der Waals surface area (Å²) in [5.41, 5.74) is 0.615. The SMILES string of the molecule is COc1cc(C=CC(=O)[O-])ccc1O.[Na+]. The fraction of sp³-hybridized carbons (Fsp3) is 0.100. The number of benzene rings is 1. The number of phenols is 1. The van der Waals surface area contributed by atoms with E-state index >= 15 is 0 Å². The van der Waals surface area contributed by atoms with Crippen molar-refractivity contribution < 1.29 is 49.3 Å². The van der Waals surface area contributed by atoms with Crippen LogP contribution in [0.4, 0.5) is 0 Å². The van der Waals surface area contributed by atoms with Gasteiger partial charge in [-0.1, -0.05) is 12.1 Å². The first-order valence-electron chi connectivity index (χ1n) is 3.89. The number of aliphatic carboxylic acids is 1. The van der Waals surface area contributed by atoms with Gasteiger partial charge in [0.2, 0.25) is 0 Å². The van der Waals surface area contributed by atoms with Crippen molar-refractivity contribution in [1.82, 2.24) is 0 Å². The molecule has 0 aliphatic rings. The van der Waals surface area contributed by atoms with Crippen molar-refractivity contribution >= 4 is 12.0 Å². The number of carbonyl (C=O) groups excluding carboxylic acids is 1. The third-order valence-corrected chi connectivity index (χ3v) is 1.62. The zero-order chi connectivity index (χ0) is 10.6. The Morgan fingerprint density at radius 3 is 2.73 bits per heavy atom. The molecule has 0 aliphatic heterocycles. The Bertz CT molecular complexity index is 374. The zero-order valence-electron chi connectivity index (χ0n) is 8.56. The quantitative estimate of drug-likeness (QED) is 0.436. The molecule has 0 unspecified atom stereocenters. The van der Waals surface area contributed by atoms with Gasteiger partial charge in [-0.15, -0.1) is 0 Å². The van der Waals surface area contributed by atoms with Crippen LogP contribution in [0.2, 0.25) is 0 Å². The largest absolute Gasteiger partial charge is 1.00 e. The average Bonchev–Trinajstić information content (AvgIpc) is 2.16. The number of carboxylic acid groups (broad SMARTS) is 1. The van der Waals surface area contributed by atoms with Gasteiger partial charge in [0.1, 0.15) is 0 Å². The summed E-state index contributed by atoms with van der Waals surface area (Å²) in [6.45, 7) is 0. The summed E-state index contributed by atoms with van der Waals surface area (Å²) in [6, 6.07) is 4.51. The molecule has 0 aliphatic carbocycles. The Morgan fingerprint density at radius 1 is 1.53 bits per heavy atom. The number of methoxy groups -OCH3 is 1. The molecule has 74 valence electrons. The second kappa shape index (κ2) is 6.50. The van der Waals surface area contributed by atoms with E-state index in [2.05, 4.69) is 0 Å². The van der Waals surface area contributed by atoms with Crippen molar-refractivity contribution in [3.8, 4) is 11.5 Å². The molecular weight excluding hydrogens is 207 g/mol. The molecular formula is C10H9NaO4. The van der Waals surface area contributed by atoms with Crippen LogP contribution in [0.5, 0.6) is 11.5 Å². The van der Waals surface area contributed by atoms with Gasteiger partial charge in [0.05, 0.1) is 13.1 Å². The maximum absolute atomic E-state index is 10.1. The van der Waals surface area contributed by atoms with Gasteiger partial charge in [-0.2, -0.15) is 0 Å². The van der Waals surface area contributed by atoms with Crippen LogP contribution >= 0.6 is 0 Å². The molecule has 4 nitrogen and oxygen atoms in total. The number of rotatable bonds is 3. The van der Waals surface area contributed by atoms with Crippen LogP contribution in [0, 0.1) is 0 Å². The Balaban J connectivity index is 0.00000196. The number of carbonyl (C=O) groups is 1. The molecule has 0 bridgehead atoms. The van der Waals surface area contributed by atoms with Gasteiger partial charge in [-0.25, -0.2) is 0 Å². The molecule has 0 saturated carbocycles. The first-order valence-corrected chi connectivity index (χ1v) is 3.89. The van der Waals surface area contributed by atoms with Gasteiger partial charge >= 0.3 is 29.6 Å². The molecule has 0 atom stereocenters. The number of hydrogen-bond donors (Lipinski definition) is 1. The monoisotopic (exact) mass is 216 g/mol. The Kier molecular flexibility index (Phi) is 6.08. The van der Waals surface area contributed by atoms with Crippen LogP contribution in [0.1, 0.15) is 5.56 Å². The summed E-state index contributed by atoms with van der Waals surface area (Å²) < 4.78 is 4.85. The van der Waals surface area contributed by atoms with Gasteiger partial charge in [0, 0.05) is 0 Å². The third kappa shape index (κ3) is 4.38. The fourth-order valence-corrected chi connectivity index (χ4v) is 0.962. The molecule has 1 N–H and O–H groups in total. The molecule has 0 aromatic heterocycles. The molecule has 0 radical (unpaired) electrons. The average molecular weight is 216 g/mol. The van der Waals surface area contributed by atoms with Crippen LogP contribution in [0.3, 0.4) is 0 Å². The van der Waals surface area contributed by atoms with Crippen molar-refractivity contribution in [2.75, 3.05) is 7.11 Å². The molecule has 5 heteroatoms. The van der Waals surface area contributed by atoms with E-state index in [-0.39, 0.29) is 35.3 Å². The minimum Gasteiger partial charge on any atom is -0.545 e. The summed E-state index contributed by atoms with van der Waals surface area (Å²) in [4.78, 5) is 10.1.